The molecule has 4 nitrogen and oxygen atoms in total. The summed E-state index contributed by atoms with van der Waals surface area (Å²) in [6.45, 7) is 3.54. The maximum Gasteiger partial charge on any atom is 0.174 e. The van der Waals surface area contributed by atoms with Crippen LogP contribution in [0.1, 0.15) is 30.0 Å². The van der Waals surface area contributed by atoms with Crippen molar-refractivity contribution in [1.82, 2.24) is 5.16 Å². The van der Waals surface area contributed by atoms with Crippen LogP contribution < -0.4 is 4.74 Å². The van der Waals surface area contributed by atoms with Crippen LogP contribution in [0.15, 0.2) is 28.8 Å². The molecule has 0 radical (unpaired) electrons. The van der Waals surface area contributed by atoms with Crippen molar-refractivity contribution < 1.29 is 18.8 Å². The molecule has 0 saturated heterocycles. The third-order valence-electron chi connectivity index (χ3n) is 2.47. The standard InChI is InChI=1S/C13H14FNO3/c1-8-5-11(18-15-8)7-17-13-6-10(14)3-4-12(13)9(2)16/h3-6,9,16H,7H2,1-2H3/t9-/m1/s1. The smallest absolute Gasteiger partial charge is 0.174 e. The van der Waals surface area contributed by atoms with E-state index < -0.39 is 11.9 Å². The van der Waals surface area contributed by atoms with Crippen LogP contribution in [0.2, 0.25) is 0 Å². The molecule has 1 N–H and O–H groups in total. The summed E-state index contributed by atoms with van der Waals surface area (Å²) in [4.78, 5) is 0. The van der Waals surface area contributed by atoms with E-state index in [4.69, 9.17) is 9.26 Å². The SMILES string of the molecule is Cc1cc(COc2cc(F)ccc2[C@@H](C)O)on1. The minimum atomic E-state index is -0.725. The summed E-state index contributed by atoms with van der Waals surface area (Å²) in [5, 5.41) is 13.3. The minimum Gasteiger partial charge on any atom is -0.485 e. The zero-order valence-electron chi connectivity index (χ0n) is 10.2. The fraction of sp³-hybridized carbons (Fsp3) is 0.308. The Kier molecular flexibility index (Phi) is 3.62. The molecule has 0 fully saturated rings. The summed E-state index contributed by atoms with van der Waals surface area (Å²) in [5.74, 6) is 0.440. The number of aromatic nitrogens is 1. The highest BCUT2D eigenvalue weighted by molar-refractivity contribution is 5.35. The molecule has 1 aromatic heterocycles. The number of hydrogen-bond acceptors (Lipinski definition) is 4. The van der Waals surface area contributed by atoms with Gasteiger partial charge in [-0.1, -0.05) is 5.16 Å². The van der Waals surface area contributed by atoms with Crippen molar-refractivity contribution in [3.63, 3.8) is 0 Å². The van der Waals surface area contributed by atoms with Gasteiger partial charge in [-0.2, -0.15) is 0 Å². The van der Waals surface area contributed by atoms with Crippen LogP contribution in [0.25, 0.3) is 0 Å². The predicted molar refractivity (Wildman–Crippen MR) is 62.6 cm³/mol. The fourth-order valence-electron chi connectivity index (χ4n) is 1.61. The molecule has 2 rings (SSSR count). The average molecular weight is 251 g/mol. The number of benzene rings is 1. The molecule has 5 heteroatoms. The summed E-state index contributed by atoms with van der Waals surface area (Å²) in [7, 11) is 0. The number of halogens is 1. The second kappa shape index (κ2) is 5.18. The van der Waals surface area contributed by atoms with Crippen molar-refractivity contribution in [2.24, 2.45) is 0 Å². The molecule has 0 spiro atoms. The Morgan fingerprint density at radius 2 is 2.22 bits per heavy atom. The molecule has 2 aromatic rings. The predicted octanol–water partition coefficient (Wildman–Crippen LogP) is 2.75. The summed E-state index contributed by atoms with van der Waals surface area (Å²) in [6.07, 6.45) is -0.725. The molecule has 18 heavy (non-hydrogen) atoms. The molecule has 0 bridgehead atoms. The van der Waals surface area contributed by atoms with Gasteiger partial charge in [0.05, 0.1) is 11.8 Å². The van der Waals surface area contributed by atoms with E-state index in [-0.39, 0.29) is 6.61 Å². The van der Waals surface area contributed by atoms with Crippen molar-refractivity contribution in [3.8, 4) is 5.75 Å². The van der Waals surface area contributed by atoms with E-state index in [9.17, 15) is 9.50 Å². The largest absolute Gasteiger partial charge is 0.485 e. The zero-order valence-corrected chi connectivity index (χ0v) is 10.2. The first kappa shape index (κ1) is 12.6. The van der Waals surface area contributed by atoms with Gasteiger partial charge in [-0.15, -0.1) is 0 Å². The molecule has 96 valence electrons. The first-order chi connectivity index (χ1) is 8.56. The van der Waals surface area contributed by atoms with Gasteiger partial charge in [0.1, 0.15) is 18.2 Å². The average Bonchev–Trinajstić information content (AvgIpc) is 2.72. The van der Waals surface area contributed by atoms with Gasteiger partial charge in [0, 0.05) is 17.7 Å². The summed E-state index contributed by atoms with van der Waals surface area (Å²) >= 11 is 0. The van der Waals surface area contributed by atoms with E-state index >= 15 is 0 Å². The second-order valence-corrected chi connectivity index (χ2v) is 4.08. The third kappa shape index (κ3) is 2.87. The molecule has 0 aliphatic carbocycles. The van der Waals surface area contributed by atoms with Gasteiger partial charge in [0.15, 0.2) is 5.76 Å². The first-order valence-corrected chi connectivity index (χ1v) is 5.59. The van der Waals surface area contributed by atoms with Crippen LogP contribution in [0.5, 0.6) is 5.75 Å². The topological polar surface area (TPSA) is 55.5 Å². The van der Waals surface area contributed by atoms with Crippen LogP contribution >= 0.6 is 0 Å². The van der Waals surface area contributed by atoms with Crippen LogP contribution in [0.4, 0.5) is 4.39 Å². The molecular formula is C13H14FNO3. The van der Waals surface area contributed by atoms with Gasteiger partial charge in [-0.25, -0.2) is 4.39 Å². The van der Waals surface area contributed by atoms with Crippen molar-refractivity contribution in [3.05, 3.63) is 47.1 Å². The van der Waals surface area contributed by atoms with Gasteiger partial charge in [0.25, 0.3) is 0 Å². The normalized spacial score (nSPS) is 12.4. The molecule has 1 heterocycles. The van der Waals surface area contributed by atoms with E-state index in [2.05, 4.69) is 5.16 Å². The third-order valence-corrected chi connectivity index (χ3v) is 2.47. The Morgan fingerprint density at radius 1 is 1.44 bits per heavy atom. The lowest BCUT2D eigenvalue weighted by atomic mass is 10.1. The highest BCUT2D eigenvalue weighted by Gasteiger charge is 2.11. The summed E-state index contributed by atoms with van der Waals surface area (Å²) in [6, 6.07) is 5.76. The molecule has 0 aliphatic heterocycles. The number of aliphatic hydroxyl groups excluding tert-OH is 1. The number of hydrogen-bond donors (Lipinski definition) is 1. The molecular weight excluding hydrogens is 237 g/mol. The van der Waals surface area contributed by atoms with Gasteiger partial charge in [-0.05, 0) is 26.0 Å². The minimum absolute atomic E-state index is 0.143. The quantitative estimate of drug-likeness (QED) is 0.907. The summed E-state index contributed by atoms with van der Waals surface area (Å²) < 4.78 is 23.6. The Balaban J connectivity index is 2.15. The van der Waals surface area contributed by atoms with Gasteiger partial charge in [0.2, 0.25) is 0 Å². The Labute approximate surface area is 104 Å². The number of rotatable bonds is 4. The second-order valence-electron chi connectivity index (χ2n) is 4.08. The lowest BCUT2D eigenvalue weighted by Gasteiger charge is -2.12. The lowest BCUT2D eigenvalue weighted by Crippen LogP contribution is -2.01. The number of aryl methyl sites for hydroxylation is 1. The van der Waals surface area contributed by atoms with E-state index in [0.29, 0.717) is 17.1 Å². The maximum absolute atomic E-state index is 13.1. The fourth-order valence-corrected chi connectivity index (χ4v) is 1.61. The highest BCUT2D eigenvalue weighted by atomic mass is 19.1. The van der Waals surface area contributed by atoms with Gasteiger partial charge in [-0.3, -0.25) is 0 Å². The van der Waals surface area contributed by atoms with Crippen LogP contribution in [0, 0.1) is 12.7 Å². The Bertz CT molecular complexity index is 537. The Morgan fingerprint density at radius 3 is 2.83 bits per heavy atom. The molecule has 0 amide bonds. The van der Waals surface area contributed by atoms with Crippen molar-refractivity contribution >= 4 is 0 Å². The van der Waals surface area contributed by atoms with Crippen molar-refractivity contribution in [1.29, 1.82) is 0 Å². The number of nitrogens with zero attached hydrogens (tertiary/aromatic N) is 1. The first-order valence-electron chi connectivity index (χ1n) is 5.59. The maximum atomic E-state index is 13.1. The highest BCUT2D eigenvalue weighted by Crippen LogP contribution is 2.26. The number of ether oxygens (including phenoxy) is 1. The van der Waals surface area contributed by atoms with Crippen molar-refractivity contribution in [2.75, 3.05) is 0 Å². The van der Waals surface area contributed by atoms with Crippen molar-refractivity contribution in [2.45, 2.75) is 26.6 Å². The van der Waals surface area contributed by atoms with Crippen LogP contribution in [0.3, 0.4) is 0 Å². The van der Waals surface area contributed by atoms with Crippen LogP contribution in [-0.2, 0) is 6.61 Å². The van der Waals surface area contributed by atoms with E-state index in [0.717, 1.165) is 5.69 Å². The van der Waals surface area contributed by atoms with E-state index in [1.807, 2.05) is 0 Å². The Hall–Kier alpha value is -1.88. The summed E-state index contributed by atoms with van der Waals surface area (Å²) in [5.41, 5.74) is 1.29. The van der Waals surface area contributed by atoms with E-state index in [1.54, 1.807) is 19.9 Å². The van der Waals surface area contributed by atoms with Gasteiger partial charge >= 0.3 is 0 Å². The molecule has 0 saturated carbocycles. The zero-order chi connectivity index (χ0) is 13.1. The monoisotopic (exact) mass is 251 g/mol. The number of aliphatic hydroxyl groups is 1. The molecule has 0 unspecified atom stereocenters. The van der Waals surface area contributed by atoms with Gasteiger partial charge < -0.3 is 14.4 Å². The molecule has 1 aromatic carbocycles. The molecule has 0 aliphatic rings. The van der Waals surface area contributed by atoms with E-state index in [1.165, 1.54) is 18.2 Å². The lowest BCUT2D eigenvalue weighted by molar-refractivity contribution is 0.186. The molecule has 1 atom stereocenters. The van der Waals surface area contributed by atoms with Crippen LogP contribution in [-0.4, -0.2) is 10.3 Å².